The zero-order valence-corrected chi connectivity index (χ0v) is 12.1. The summed E-state index contributed by atoms with van der Waals surface area (Å²) < 4.78 is 7.62. The van der Waals surface area contributed by atoms with Crippen LogP contribution in [-0.4, -0.2) is 22.4 Å². The van der Waals surface area contributed by atoms with E-state index in [0.29, 0.717) is 11.9 Å². The van der Waals surface area contributed by atoms with E-state index < -0.39 is 6.10 Å². The molecule has 1 unspecified atom stereocenters. The average molecular weight is 294 g/mol. The Kier molecular flexibility index (Phi) is 4.21. The Hall–Kier alpha value is -2.59. The molecule has 2 N–H and O–H groups in total. The zero-order valence-electron chi connectivity index (χ0n) is 12.1. The van der Waals surface area contributed by atoms with Gasteiger partial charge in [-0.2, -0.15) is 0 Å². The molecule has 0 aliphatic heterocycles. The van der Waals surface area contributed by atoms with Gasteiger partial charge in [0.15, 0.2) is 0 Å². The summed E-state index contributed by atoms with van der Waals surface area (Å²) in [6, 6.07) is 17.3. The van der Waals surface area contributed by atoms with Crippen molar-refractivity contribution < 1.29 is 9.84 Å². The standard InChI is InChI=1S/C18H18N2O2/c19-15-8-10-20(11-9-15)12-16(21)13-22-18-7-3-5-14-4-1-2-6-17(14)18/h1-11,16,19,21H,12-13H2. The molecule has 2 aromatic carbocycles. The molecule has 0 spiro atoms. The van der Waals surface area contributed by atoms with E-state index in [2.05, 4.69) is 0 Å². The molecule has 1 atom stereocenters. The van der Waals surface area contributed by atoms with E-state index in [1.165, 1.54) is 0 Å². The summed E-state index contributed by atoms with van der Waals surface area (Å²) >= 11 is 0. The number of benzene rings is 2. The molecule has 0 saturated heterocycles. The topological polar surface area (TPSA) is 58.2 Å². The molecule has 4 heteroatoms. The Balaban J connectivity index is 1.66. The SMILES string of the molecule is N=c1ccn(CC(O)COc2cccc3ccccc23)cc1. The van der Waals surface area contributed by atoms with E-state index in [4.69, 9.17) is 10.1 Å². The van der Waals surface area contributed by atoms with Crippen molar-refractivity contribution in [3.05, 3.63) is 72.3 Å². The molecular weight excluding hydrogens is 276 g/mol. The molecule has 0 aliphatic carbocycles. The number of aliphatic hydroxyl groups excluding tert-OH is 1. The van der Waals surface area contributed by atoms with Crippen LogP contribution in [0.1, 0.15) is 0 Å². The summed E-state index contributed by atoms with van der Waals surface area (Å²) in [5.41, 5.74) is 0. The number of aliphatic hydroxyl groups is 1. The van der Waals surface area contributed by atoms with Crippen molar-refractivity contribution in [2.75, 3.05) is 6.61 Å². The highest BCUT2D eigenvalue weighted by Crippen LogP contribution is 2.25. The Morgan fingerprint density at radius 3 is 2.55 bits per heavy atom. The summed E-state index contributed by atoms with van der Waals surface area (Å²) in [7, 11) is 0. The van der Waals surface area contributed by atoms with Crippen molar-refractivity contribution in [1.82, 2.24) is 4.57 Å². The molecule has 3 aromatic rings. The van der Waals surface area contributed by atoms with Crippen molar-refractivity contribution in [3.63, 3.8) is 0 Å². The molecule has 4 nitrogen and oxygen atoms in total. The smallest absolute Gasteiger partial charge is 0.127 e. The van der Waals surface area contributed by atoms with Gasteiger partial charge in [0.2, 0.25) is 0 Å². The van der Waals surface area contributed by atoms with Gasteiger partial charge in [-0.3, -0.25) is 0 Å². The van der Waals surface area contributed by atoms with Crippen LogP contribution in [0, 0.1) is 5.41 Å². The van der Waals surface area contributed by atoms with Crippen LogP contribution >= 0.6 is 0 Å². The summed E-state index contributed by atoms with van der Waals surface area (Å²) in [5, 5.41) is 20.2. The van der Waals surface area contributed by atoms with Crippen LogP contribution in [0.4, 0.5) is 0 Å². The van der Waals surface area contributed by atoms with Gasteiger partial charge in [-0.05, 0) is 23.6 Å². The van der Waals surface area contributed by atoms with Crippen LogP contribution in [0.25, 0.3) is 10.8 Å². The van der Waals surface area contributed by atoms with Crippen LogP contribution in [0.2, 0.25) is 0 Å². The van der Waals surface area contributed by atoms with Gasteiger partial charge in [0, 0.05) is 17.8 Å². The lowest BCUT2D eigenvalue weighted by molar-refractivity contribution is 0.0931. The molecule has 0 amide bonds. The third kappa shape index (κ3) is 3.35. The van der Waals surface area contributed by atoms with E-state index in [-0.39, 0.29) is 6.61 Å². The van der Waals surface area contributed by atoms with E-state index >= 15 is 0 Å². The Labute approximate surface area is 128 Å². The quantitative estimate of drug-likeness (QED) is 0.760. The van der Waals surface area contributed by atoms with Gasteiger partial charge < -0.3 is 19.8 Å². The molecule has 0 aliphatic rings. The minimum Gasteiger partial charge on any atom is -0.490 e. The highest BCUT2D eigenvalue weighted by Gasteiger charge is 2.07. The van der Waals surface area contributed by atoms with E-state index in [9.17, 15) is 5.11 Å². The number of aromatic nitrogens is 1. The maximum absolute atomic E-state index is 10.1. The number of hydrogen-bond donors (Lipinski definition) is 2. The van der Waals surface area contributed by atoms with Gasteiger partial charge in [-0.15, -0.1) is 0 Å². The number of nitrogens with zero attached hydrogens (tertiary/aromatic N) is 1. The lowest BCUT2D eigenvalue weighted by atomic mass is 10.1. The highest BCUT2D eigenvalue weighted by molar-refractivity contribution is 5.88. The second-order valence-electron chi connectivity index (χ2n) is 5.23. The van der Waals surface area contributed by atoms with Gasteiger partial charge in [0.05, 0.1) is 11.9 Å². The minimum atomic E-state index is -0.611. The first-order valence-electron chi connectivity index (χ1n) is 7.22. The second kappa shape index (κ2) is 6.45. The molecule has 3 rings (SSSR count). The first-order valence-corrected chi connectivity index (χ1v) is 7.22. The summed E-state index contributed by atoms with van der Waals surface area (Å²) in [6.07, 6.45) is 2.95. The molecule has 0 radical (unpaired) electrons. The summed E-state index contributed by atoms with van der Waals surface area (Å²) in [4.78, 5) is 0. The fraction of sp³-hybridized carbons (Fsp3) is 0.167. The highest BCUT2D eigenvalue weighted by atomic mass is 16.5. The second-order valence-corrected chi connectivity index (χ2v) is 5.23. The van der Waals surface area contributed by atoms with Crippen molar-refractivity contribution in [2.45, 2.75) is 12.6 Å². The van der Waals surface area contributed by atoms with Crippen LogP contribution < -0.4 is 10.1 Å². The van der Waals surface area contributed by atoms with Crippen molar-refractivity contribution in [1.29, 1.82) is 5.41 Å². The number of fused-ring (bicyclic) bond motifs is 1. The average Bonchev–Trinajstić information content (AvgIpc) is 2.55. The van der Waals surface area contributed by atoms with Gasteiger partial charge >= 0.3 is 0 Å². The number of nitrogens with one attached hydrogen (secondary N) is 1. The van der Waals surface area contributed by atoms with Crippen LogP contribution in [-0.2, 0) is 6.54 Å². The number of ether oxygens (including phenoxy) is 1. The Morgan fingerprint density at radius 1 is 1.00 bits per heavy atom. The van der Waals surface area contributed by atoms with Gasteiger partial charge in [-0.1, -0.05) is 36.4 Å². The number of pyridine rings is 1. The molecule has 1 aromatic heterocycles. The fourth-order valence-electron chi connectivity index (χ4n) is 2.38. The molecule has 0 fully saturated rings. The lowest BCUT2D eigenvalue weighted by Gasteiger charge is -2.15. The van der Waals surface area contributed by atoms with E-state index in [1.54, 1.807) is 24.5 Å². The third-order valence-electron chi connectivity index (χ3n) is 3.49. The summed E-state index contributed by atoms with van der Waals surface area (Å²) in [5.74, 6) is 0.781. The first-order chi connectivity index (χ1) is 10.7. The van der Waals surface area contributed by atoms with E-state index in [0.717, 1.165) is 16.5 Å². The largest absolute Gasteiger partial charge is 0.490 e. The number of hydrogen-bond acceptors (Lipinski definition) is 3. The normalized spacial score (nSPS) is 12.2. The van der Waals surface area contributed by atoms with E-state index in [1.807, 2.05) is 47.0 Å². The predicted molar refractivity (Wildman–Crippen MR) is 85.7 cm³/mol. The van der Waals surface area contributed by atoms with Gasteiger partial charge in [0.25, 0.3) is 0 Å². The maximum Gasteiger partial charge on any atom is 0.127 e. The van der Waals surface area contributed by atoms with Crippen molar-refractivity contribution in [2.24, 2.45) is 0 Å². The van der Waals surface area contributed by atoms with Crippen molar-refractivity contribution in [3.8, 4) is 5.75 Å². The zero-order chi connectivity index (χ0) is 15.4. The van der Waals surface area contributed by atoms with Gasteiger partial charge in [-0.25, -0.2) is 0 Å². The summed E-state index contributed by atoms with van der Waals surface area (Å²) in [6.45, 7) is 0.661. The third-order valence-corrected chi connectivity index (χ3v) is 3.49. The van der Waals surface area contributed by atoms with Crippen LogP contribution in [0.3, 0.4) is 0 Å². The minimum absolute atomic E-state index is 0.226. The van der Waals surface area contributed by atoms with Crippen molar-refractivity contribution >= 4 is 10.8 Å². The number of rotatable bonds is 5. The lowest BCUT2D eigenvalue weighted by Crippen LogP contribution is -2.24. The molecule has 112 valence electrons. The van der Waals surface area contributed by atoms with Gasteiger partial charge in [0.1, 0.15) is 18.5 Å². The van der Waals surface area contributed by atoms with Crippen LogP contribution in [0.15, 0.2) is 67.0 Å². The molecule has 0 saturated carbocycles. The molecule has 1 heterocycles. The van der Waals surface area contributed by atoms with Crippen LogP contribution in [0.5, 0.6) is 5.75 Å². The Bertz CT molecular complexity index is 801. The Morgan fingerprint density at radius 2 is 1.73 bits per heavy atom. The first kappa shape index (κ1) is 14.4. The maximum atomic E-state index is 10.1. The molecule has 22 heavy (non-hydrogen) atoms. The fourth-order valence-corrected chi connectivity index (χ4v) is 2.38. The monoisotopic (exact) mass is 294 g/mol. The molecular formula is C18H18N2O2. The molecule has 0 bridgehead atoms. The predicted octanol–water partition coefficient (Wildman–Crippen LogP) is 2.56.